The number of hydrogen-bond acceptors (Lipinski definition) is 4. The first-order chi connectivity index (χ1) is 12.7. The molecule has 0 radical (unpaired) electrons. The molecular formula is C20H20N2O4. The normalized spacial score (nSPS) is 13.4. The number of carbonyl (C=O) groups excluding carboxylic acids is 2. The minimum Gasteiger partial charge on any atom is -0.444 e. The zero-order valence-corrected chi connectivity index (χ0v) is 14.3. The molecular weight excluding hydrogens is 332 g/mol. The smallest absolute Gasteiger partial charge is 0.414 e. The molecule has 0 aromatic heterocycles. The number of rotatable bonds is 4. The van der Waals surface area contributed by atoms with Crippen LogP contribution in [0, 0.1) is 0 Å². The van der Waals surface area contributed by atoms with Crippen molar-refractivity contribution in [1.29, 1.82) is 0 Å². The third-order valence-corrected chi connectivity index (χ3v) is 3.89. The zero-order chi connectivity index (χ0) is 18.2. The fourth-order valence-electron chi connectivity index (χ4n) is 2.43. The van der Waals surface area contributed by atoms with E-state index in [-0.39, 0.29) is 13.2 Å². The van der Waals surface area contributed by atoms with Crippen molar-refractivity contribution in [2.45, 2.75) is 13.2 Å². The van der Waals surface area contributed by atoms with Gasteiger partial charge >= 0.3 is 12.2 Å². The van der Waals surface area contributed by atoms with Gasteiger partial charge in [-0.1, -0.05) is 60.7 Å². The molecule has 6 heteroatoms. The topological polar surface area (TPSA) is 59.1 Å². The molecule has 0 aliphatic carbocycles. The second-order valence-electron chi connectivity index (χ2n) is 5.77. The average Bonchev–Trinajstić information content (AvgIpc) is 2.72. The van der Waals surface area contributed by atoms with Crippen molar-refractivity contribution in [2.24, 2.45) is 0 Å². The monoisotopic (exact) mass is 352 g/mol. The van der Waals surface area contributed by atoms with Crippen LogP contribution in [0.25, 0.3) is 0 Å². The second kappa shape index (κ2) is 8.71. The zero-order valence-electron chi connectivity index (χ0n) is 14.3. The summed E-state index contributed by atoms with van der Waals surface area (Å²) in [4.78, 5) is 27.0. The first kappa shape index (κ1) is 17.5. The molecule has 6 nitrogen and oxygen atoms in total. The number of ether oxygens (including phenoxy) is 2. The first-order valence-electron chi connectivity index (χ1n) is 8.35. The molecule has 2 aromatic carbocycles. The summed E-state index contributed by atoms with van der Waals surface area (Å²) in [5, 5.41) is 0. The summed E-state index contributed by atoms with van der Waals surface area (Å²) in [6.07, 6.45) is 2.17. The summed E-state index contributed by atoms with van der Waals surface area (Å²) in [6, 6.07) is 19.0. The predicted octanol–water partition coefficient (Wildman–Crippen LogP) is 3.75. The van der Waals surface area contributed by atoms with Gasteiger partial charge in [-0.2, -0.15) is 0 Å². The van der Waals surface area contributed by atoms with Crippen molar-refractivity contribution in [3.8, 4) is 0 Å². The molecule has 0 spiro atoms. The van der Waals surface area contributed by atoms with Gasteiger partial charge in [-0.25, -0.2) is 9.59 Å². The van der Waals surface area contributed by atoms with Crippen LogP contribution in [-0.2, 0) is 22.7 Å². The van der Waals surface area contributed by atoms with E-state index < -0.39 is 12.2 Å². The lowest BCUT2D eigenvalue weighted by atomic mass is 10.2. The van der Waals surface area contributed by atoms with Crippen molar-refractivity contribution in [2.75, 3.05) is 13.1 Å². The van der Waals surface area contributed by atoms with Crippen LogP contribution in [-0.4, -0.2) is 35.1 Å². The minimum atomic E-state index is -0.442. The van der Waals surface area contributed by atoms with Crippen LogP contribution in [0.15, 0.2) is 73.1 Å². The fourth-order valence-corrected chi connectivity index (χ4v) is 2.43. The molecule has 0 unspecified atom stereocenters. The van der Waals surface area contributed by atoms with Crippen LogP contribution in [0.4, 0.5) is 9.59 Å². The molecule has 0 N–H and O–H groups in total. The van der Waals surface area contributed by atoms with Gasteiger partial charge in [0, 0.05) is 25.5 Å². The Morgan fingerprint density at radius 1 is 0.692 bits per heavy atom. The van der Waals surface area contributed by atoms with E-state index in [1.807, 2.05) is 60.7 Å². The lowest BCUT2D eigenvalue weighted by Gasteiger charge is -2.27. The third kappa shape index (κ3) is 4.86. The van der Waals surface area contributed by atoms with Crippen LogP contribution < -0.4 is 0 Å². The number of benzene rings is 2. The van der Waals surface area contributed by atoms with Crippen molar-refractivity contribution in [1.82, 2.24) is 9.80 Å². The molecule has 3 rings (SSSR count). The molecule has 1 heterocycles. The van der Waals surface area contributed by atoms with Crippen molar-refractivity contribution in [3.63, 3.8) is 0 Å². The number of hydrogen-bond donors (Lipinski definition) is 0. The Kier molecular flexibility index (Phi) is 5.88. The van der Waals surface area contributed by atoms with Crippen molar-refractivity contribution >= 4 is 12.2 Å². The van der Waals surface area contributed by atoms with Gasteiger partial charge in [0.1, 0.15) is 13.2 Å². The standard InChI is InChI=1S/C20H20N2O4/c23-19(25-15-17-7-3-1-4-8-17)21-11-13-22(14-12-21)20(24)26-16-18-9-5-2-6-10-18/h1-11,13H,12,14-16H2. The van der Waals surface area contributed by atoms with Crippen LogP contribution in [0.2, 0.25) is 0 Å². The molecule has 26 heavy (non-hydrogen) atoms. The Morgan fingerprint density at radius 3 is 1.42 bits per heavy atom. The molecule has 134 valence electrons. The third-order valence-electron chi connectivity index (χ3n) is 3.89. The molecule has 0 bridgehead atoms. The lowest BCUT2D eigenvalue weighted by molar-refractivity contribution is 0.0905. The maximum Gasteiger partial charge on any atom is 0.414 e. The molecule has 0 saturated carbocycles. The maximum absolute atomic E-state index is 12.1. The highest BCUT2D eigenvalue weighted by atomic mass is 16.6. The average molecular weight is 352 g/mol. The summed E-state index contributed by atoms with van der Waals surface area (Å²) in [5.41, 5.74) is 1.85. The highest BCUT2D eigenvalue weighted by molar-refractivity contribution is 5.72. The molecule has 0 atom stereocenters. The number of amides is 2. The quantitative estimate of drug-likeness (QED) is 0.841. The van der Waals surface area contributed by atoms with Gasteiger partial charge in [0.15, 0.2) is 0 Å². The Labute approximate surface area is 152 Å². The molecule has 2 amide bonds. The van der Waals surface area contributed by atoms with E-state index in [1.54, 1.807) is 0 Å². The van der Waals surface area contributed by atoms with Crippen LogP contribution in [0.5, 0.6) is 0 Å². The van der Waals surface area contributed by atoms with E-state index in [0.29, 0.717) is 13.1 Å². The van der Waals surface area contributed by atoms with E-state index >= 15 is 0 Å². The van der Waals surface area contributed by atoms with Crippen LogP contribution in [0.1, 0.15) is 11.1 Å². The Morgan fingerprint density at radius 2 is 1.08 bits per heavy atom. The highest BCUT2D eigenvalue weighted by Crippen LogP contribution is 2.10. The maximum atomic E-state index is 12.1. The Hall–Kier alpha value is -3.28. The molecule has 0 saturated heterocycles. The van der Waals surface area contributed by atoms with Crippen molar-refractivity contribution in [3.05, 3.63) is 84.2 Å². The lowest BCUT2D eigenvalue weighted by Crippen LogP contribution is -2.40. The van der Waals surface area contributed by atoms with Crippen LogP contribution in [0.3, 0.4) is 0 Å². The van der Waals surface area contributed by atoms with Gasteiger partial charge < -0.3 is 9.47 Å². The van der Waals surface area contributed by atoms with Gasteiger partial charge in [-0.3, -0.25) is 9.80 Å². The van der Waals surface area contributed by atoms with Crippen LogP contribution >= 0.6 is 0 Å². The fraction of sp³-hybridized carbons (Fsp3) is 0.200. The van der Waals surface area contributed by atoms with Gasteiger partial charge in [-0.05, 0) is 11.1 Å². The predicted molar refractivity (Wildman–Crippen MR) is 95.8 cm³/mol. The van der Waals surface area contributed by atoms with Gasteiger partial charge in [0.05, 0.1) is 0 Å². The van der Waals surface area contributed by atoms with E-state index in [9.17, 15) is 9.59 Å². The Bertz CT molecular complexity index is 696. The van der Waals surface area contributed by atoms with E-state index in [0.717, 1.165) is 11.1 Å². The highest BCUT2D eigenvalue weighted by Gasteiger charge is 2.21. The minimum absolute atomic E-state index is 0.215. The van der Waals surface area contributed by atoms with Gasteiger partial charge in [-0.15, -0.1) is 0 Å². The number of carbonyl (C=O) groups is 2. The largest absolute Gasteiger partial charge is 0.444 e. The molecule has 1 aliphatic heterocycles. The van der Waals surface area contributed by atoms with E-state index in [4.69, 9.17) is 9.47 Å². The molecule has 1 aliphatic rings. The first-order valence-corrected chi connectivity index (χ1v) is 8.35. The number of nitrogens with zero attached hydrogens (tertiary/aromatic N) is 2. The second-order valence-corrected chi connectivity index (χ2v) is 5.77. The molecule has 0 fully saturated rings. The summed E-state index contributed by atoms with van der Waals surface area (Å²) in [5.74, 6) is 0. The van der Waals surface area contributed by atoms with E-state index in [1.165, 1.54) is 22.2 Å². The Balaban J connectivity index is 1.45. The summed E-state index contributed by atoms with van der Waals surface area (Å²) in [6.45, 7) is 1.13. The van der Waals surface area contributed by atoms with Gasteiger partial charge in [0.2, 0.25) is 0 Å². The van der Waals surface area contributed by atoms with Crippen molar-refractivity contribution < 1.29 is 19.1 Å². The summed E-state index contributed by atoms with van der Waals surface area (Å²) < 4.78 is 10.5. The molecule has 2 aromatic rings. The SMILES string of the molecule is O=C(OCc1ccccc1)N1C=CN(C(=O)OCc2ccccc2)CC1. The summed E-state index contributed by atoms with van der Waals surface area (Å²) in [7, 11) is 0. The van der Waals surface area contributed by atoms with E-state index in [2.05, 4.69) is 0 Å². The summed E-state index contributed by atoms with van der Waals surface area (Å²) >= 11 is 0. The van der Waals surface area contributed by atoms with Gasteiger partial charge in [0.25, 0.3) is 0 Å².